The number of hydrogen-bond donors (Lipinski definition) is 1. The third-order valence-corrected chi connectivity index (χ3v) is 5.11. The summed E-state index contributed by atoms with van der Waals surface area (Å²) in [5, 5.41) is 7.59. The number of rotatable bonds is 7. The van der Waals surface area contributed by atoms with Crippen molar-refractivity contribution in [3.63, 3.8) is 0 Å². The quantitative estimate of drug-likeness (QED) is 0.427. The van der Waals surface area contributed by atoms with Crippen LogP contribution >= 0.6 is 22.9 Å². The Bertz CT molecular complexity index is 1200. The summed E-state index contributed by atoms with van der Waals surface area (Å²) in [7, 11) is 0. The van der Waals surface area contributed by atoms with Crippen LogP contribution in [0.25, 0.3) is 10.2 Å². The Kier molecular flexibility index (Phi) is 5.77. The molecule has 154 valence electrons. The number of halogens is 3. The summed E-state index contributed by atoms with van der Waals surface area (Å²) in [5.41, 5.74) is 0.717. The lowest BCUT2D eigenvalue weighted by Gasteiger charge is -2.07. The van der Waals surface area contributed by atoms with Gasteiger partial charge in [0, 0.05) is 6.20 Å². The summed E-state index contributed by atoms with van der Waals surface area (Å²) in [6.45, 7) is -2.84. The van der Waals surface area contributed by atoms with Crippen molar-refractivity contribution < 1.29 is 23.0 Å². The van der Waals surface area contributed by atoms with Gasteiger partial charge in [0.2, 0.25) is 0 Å². The molecule has 11 heteroatoms. The summed E-state index contributed by atoms with van der Waals surface area (Å²) in [4.78, 5) is 16.7. The van der Waals surface area contributed by atoms with E-state index in [2.05, 4.69) is 20.1 Å². The van der Waals surface area contributed by atoms with Gasteiger partial charge >= 0.3 is 6.61 Å². The molecule has 0 aliphatic rings. The van der Waals surface area contributed by atoms with Gasteiger partial charge in [-0.25, -0.2) is 9.67 Å². The number of carbonyl (C=O) groups is 1. The van der Waals surface area contributed by atoms with Crippen LogP contribution in [0.15, 0.2) is 54.7 Å². The van der Waals surface area contributed by atoms with Gasteiger partial charge in [0.05, 0.1) is 15.2 Å². The van der Waals surface area contributed by atoms with Crippen molar-refractivity contribution in [3.8, 4) is 11.5 Å². The monoisotopic (exact) mass is 450 g/mol. The van der Waals surface area contributed by atoms with Gasteiger partial charge in [-0.05, 0) is 36.4 Å². The number of anilines is 1. The summed E-state index contributed by atoms with van der Waals surface area (Å²) in [6.07, 6.45) is 1.60. The number of nitrogens with one attached hydrogen (secondary N) is 1. The van der Waals surface area contributed by atoms with E-state index >= 15 is 0 Å². The molecule has 2 aromatic carbocycles. The summed E-state index contributed by atoms with van der Waals surface area (Å²) in [6, 6.07) is 12.9. The molecule has 0 unspecified atom stereocenters. The van der Waals surface area contributed by atoms with Crippen molar-refractivity contribution >= 4 is 44.2 Å². The second kappa shape index (κ2) is 8.64. The molecule has 0 atom stereocenters. The maximum atomic E-state index is 12.4. The van der Waals surface area contributed by atoms with Gasteiger partial charge in [-0.1, -0.05) is 35.1 Å². The first-order valence-corrected chi connectivity index (χ1v) is 9.75. The summed E-state index contributed by atoms with van der Waals surface area (Å²) in [5.74, 6) is 0.0660. The first kappa shape index (κ1) is 20.0. The zero-order chi connectivity index (χ0) is 21.1. The molecule has 0 fully saturated rings. The van der Waals surface area contributed by atoms with E-state index in [1.807, 2.05) is 0 Å². The highest BCUT2D eigenvalue weighted by Crippen LogP contribution is 2.30. The molecule has 1 amide bonds. The van der Waals surface area contributed by atoms with Gasteiger partial charge in [0.1, 0.15) is 11.5 Å². The van der Waals surface area contributed by atoms with Gasteiger partial charge in [-0.15, -0.1) is 0 Å². The lowest BCUT2D eigenvalue weighted by molar-refractivity contribution is -0.0497. The van der Waals surface area contributed by atoms with Gasteiger partial charge in [0.15, 0.2) is 17.6 Å². The molecule has 4 rings (SSSR count). The molecule has 0 radical (unpaired) electrons. The molecule has 30 heavy (non-hydrogen) atoms. The van der Waals surface area contributed by atoms with E-state index in [9.17, 15) is 13.6 Å². The SMILES string of the molecule is O=C(Nc1nc2ccc(OC(F)F)cc2s1)c1ccn(COc2ccccc2Cl)n1. The van der Waals surface area contributed by atoms with Crippen LogP contribution in [-0.2, 0) is 6.73 Å². The molecular weight excluding hydrogens is 438 g/mol. The van der Waals surface area contributed by atoms with Crippen LogP contribution in [0.1, 0.15) is 10.5 Å². The zero-order valence-corrected chi connectivity index (χ0v) is 16.7. The molecule has 7 nitrogen and oxygen atoms in total. The number of carbonyl (C=O) groups excluding carboxylic acids is 1. The predicted molar refractivity (Wildman–Crippen MR) is 109 cm³/mol. The highest BCUT2D eigenvalue weighted by atomic mass is 35.5. The molecule has 0 bridgehead atoms. The molecule has 2 heterocycles. The third-order valence-electron chi connectivity index (χ3n) is 3.87. The number of nitrogens with zero attached hydrogens (tertiary/aromatic N) is 3. The maximum Gasteiger partial charge on any atom is 0.387 e. The summed E-state index contributed by atoms with van der Waals surface area (Å²) < 4.78 is 36.7. The number of hydrogen-bond acceptors (Lipinski definition) is 6. The number of fused-ring (bicyclic) bond motifs is 1. The average Bonchev–Trinajstić information content (AvgIpc) is 3.33. The number of benzene rings is 2. The van der Waals surface area contributed by atoms with E-state index in [4.69, 9.17) is 16.3 Å². The normalized spacial score (nSPS) is 11.1. The number of para-hydroxylation sites is 1. The Morgan fingerprint density at radius 2 is 2.07 bits per heavy atom. The minimum Gasteiger partial charge on any atom is -0.470 e. The van der Waals surface area contributed by atoms with Crippen LogP contribution in [-0.4, -0.2) is 27.3 Å². The minimum atomic E-state index is -2.91. The van der Waals surface area contributed by atoms with Crippen LogP contribution in [0.3, 0.4) is 0 Å². The third kappa shape index (κ3) is 4.66. The van der Waals surface area contributed by atoms with E-state index < -0.39 is 12.5 Å². The van der Waals surface area contributed by atoms with Crippen molar-refractivity contribution in [2.45, 2.75) is 13.3 Å². The lowest BCUT2D eigenvalue weighted by atomic mass is 10.3. The molecule has 1 N–H and O–H groups in total. The molecule has 0 spiro atoms. The lowest BCUT2D eigenvalue weighted by Crippen LogP contribution is -2.14. The highest BCUT2D eigenvalue weighted by molar-refractivity contribution is 7.22. The Labute approximate surface area is 177 Å². The van der Waals surface area contributed by atoms with Crippen LogP contribution in [0.4, 0.5) is 13.9 Å². The molecule has 2 aromatic heterocycles. The first-order chi connectivity index (χ1) is 14.5. The second-order valence-electron chi connectivity index (χ2n) is 5.93. The van der Waals surface area contributed by atoms with Crippen LogP contribution in [0.5, 0.6) is 11.5 Å². The van der Waals surface area contributed by atoms with Crippen LogP contribution in [0.2, 0.25) is 5.02 Å². The minimum absolute atomic E-state index is 0.0243. The topological polar surface area (TPSA) is 78.3 Å². The van der Waals surface area contributed by atoms with E-state index in [0.717, 1.165) is 11.3 Å². The number of ether oxygens (including phenoxy) is 2. The molecule has 4 aromatic rings. The fraction of sp³-hybridized carbons (Fsp3) is 0.105. The van der Waals surface area contributed by atoms with E-state index in [1.165, 1.54) is 22.9 Å². The Balaban J connectivity index is 1.41. The Morgan fingerprint density at radius 3 is 2.87 bits per heavy atom. The van der Waals surface area contributed by atoms with Crippen molar-refractivity contribution in [2.75, 3.05) is 5.32 Å². The zero-order valence-electron chi connectivity index (χ0n) is 15.1. The van der Waals surface area contributed by atoms with Crippen molar-refractivity contribution in [1.82, 2.24) is 14.8 Å². The largest absolute Gasteiger partial charge is 0.470 e. The van der Waals surface area contributed by atoms with Crippen LogP contribution in [0, 0.1) is 0 Å². The number of thiazole rings is 1. The molecular formula is C19H13ClF2N4O3S. The standard InChI is InChI=1S/C19H13ClF2N4O3S/c20-12-3-1-2-4-15(12)28-10-26-8-7-14(25-26)17(27)24-19-23-13-6-5-11(29-18(21)22)9-16(13)30-19/h1-9,18H,10H2,(H,23,24,27). The Hall–Kier alpha value is -3.24. The van der Waals surface area contributed by atoms with Gasteiger partial charge < -0.3 is 9.47 Å². The fourth-order valence-corrected chi connectivity index (χ4v) is 3.63. The van der Waals surface area contributed by atoms with E-state index in [-0.39, 0.29) is 18.2 Å². The molecule has 0 saturated heterocycles. The van der Waals surface area contributed by atoms with Crippen molar-refractivity contribution in [3.05, 3.63) is 65.4 Å². The smallest absolute Gasteiger partial charge is 0.387 e. The number of amides is 1. The summed E-state index contributed by atoms with van der Waals surface area (Å²) >= 11 is 7.17. The van der Waals surface area contributed by atoms with Gasteiger partial charge in [-0.3, -0.25) is 10.1 Å². The highest BCUT2D eigenvalue weighted by Gasteiger charge is 2.14. The predicted octanol–water partition coefficient (Wildman–Crippen LogP) is 5.04. The van der Waals surface area contributed by atoms with E-state index in [0.29, 0.717) is 26.1 Å². The number of aromatic nitrogens is 3. The maximum absolute atomic E-state index is 12.4. The Morgan fingerprint density at radius 1 is 1.23 bits per heavy atom. The average molecular weight is 451 g/mol. The van der Waals surface area contributed by atoms with E-state index in [1.54, 1.807) is 36.5 Å². The second-order valence-corrected chi connectivity index (χ2v) is 7.36. The van der Waals surface area contributed by atoms with Crippen molar-refractivity contribution in [1.29, 1.82) is 0 Å². The van der Waals surface area contributed by atoms with Gasteiger partial charge in [-0.2, -0.15) is 13.9 Å². The first-order valence-electron chi connectivity index (χ1n) is 8.55. The van der Waals surface area contributed by atoms with Crippen molar-refractivity contribution in [2.24, 2.45) is 0 Å². The molecule has 0 aliphatic heterocycles. The fourth-order valence-electron chi connectivity index (χ4n) is 2.55. The molecule has 0 aliphatic carbocycles. The van der Waals surface area contributed by atoms with Crippen LogP contribution < -0.4 is 14.8 Å². The molecule has 0 saturated carbocycles. The number of alkyl halides is 2. The van der Waals surface area contributed by atoms with Gasteiger partial charge in [0.25, 0.3) is 5.91 Å².